The Morgan fingerprint density at radius 1 is 1.28 bits per heavy atom. The number of ether oxygens (including phenoxy) is 1. The van der Waals surface area contributed by atoms with E-state index in [9.17, 15) is 13.2 Å². The van der Waals surface area contributed by atoms with Gasteiger partial charge in [0.1, 0.15) is 18.4 Å². The molecule has 18 heavy (non-hydrogen) atoms. The van der Waals surface area contributed by atoms with Gasteiger partial charge in [0.15, 0.2) is 5.82 Å². The first-order valence-corrected chi connectivity index (χ1v) is 5.76. The molecule has 0 fully saturated rings. The molecule has 0 saturated heterocycles. The van der Waals surface area contributed by atoms with Crippen LogP contribution in [0.2, 0.25) is 5.15 Å². The smallest absolute Gasteiger partial charge is 0.364 e. The van der Waals surface area contributed by atoms with Gasteiger partial charge < -0.3 is 4.74 Å². The number of aromatic nitrogens is 2. The third-order valence-corrected chi connectivity index (χ3v) is 2.50. The van der Waals surface area contributed by atoms with Crippen LogP contribution in [0.15, 0.2) is 0 Å². The number of aryl methyl sites for hydroxylation is 1. The Kier molecular flexibility index (Phi) is 4.92. The van der Waals surface area contributed by atoms with E-state index in [0.29, 0.717) is 5.69 Å². The molecule has 0 atom stereocenters. The minimum Gasteiger partial charge on any atom is -0.364 e. The predicted octanol–water partition coefficient (Wildman–Crippen LogP) is 3.64. The van der Waals surface area contributed by atoms with Gasteiger partial charge in [-0.2, -0.15) is 13.2 Å². The van der Waals surface area contributed by atoms with E-state index in [2.05, 4.69) is 14.7 Å². The highest BCUT2D eigenvalue weighted by atomic mass is 35.5. The van der Waals surface area contributed by atoms with E-state index < -0.39 is 12.8 Å². The molecular weight excluding hydrogens is 269 g/mol. The molecule has 1 heterocycles. The van der Waals surface area contributed by atoms with Crippen LogP contribution < -0.4 is 0 Å². The molecule has 0 amide bonds. The van der Waals surface area contributed by atoms with Crippen LogP contribution in [-0.4, -0.2) is 22.8 Å². The topological polar surface area (TPSA) is 35.0 Å². The summed E-state index contributed by atoms with van der Waals surface area (Å²) in [5.41, 5.74) is 1.46. The molecule has 3 nitrogen and oxygen atoms in total. The first-order chi connectivity index (χ1) is 8.20. The van der Waals surface area contributed by atoms with Crippen LogP contribution in [0, 0.1) is 6.92 Å². The van der Waals surface area contributed by atoms with Gasteiger partial charge in [0.2, 0.25) is 0 Å². The van der Waals surface area contributed by atoms with Crippen molar-refractivity contribution in [3.8, 4) is 0 Å². The van der Waals surface area contributed by atoms with Gasteiger partial charge in [-0.05, 0) is 12.8 Å². The Bertz CT molecular complexity index is 398. The standard InChI is InChI=1S/C11H14ClF3N2O/c1-6(2)9-7(3)16-8(17-10(9)12)4-18-5-11(13,14)15/h6H,4-5H2,1-3H3. The zero-order valence-electron chi connectivity index (χ0n) is 10.3. The number of rotatable bonds is 4. The highest BCUT2D eigenvalue weighted by Crippen LogP contribution is 2.25. The molecule has 0 N–H and O–H groups in total. The maximum atomic E-state index is 11.9. The van der Waals surface area contributed by atoms with Gasteiger partial charge >= 0.3 is 6.18 Å². The van der Waals surface area contributed by atoms with Gasteiger partial charge in [0.05, 0.1) is 0 Å². The molecule has 0 bridgehead atoms. The fraction of sp³-hybridized carbons (Fsp3) is 0.636. The van der Waals surface area contributed by atoms with E-state index in [1.54, 1.807) is 6.92 Å². The largest absolute Gasteiger partial charge is 0.411 e. The lowest BCUT2D eigenvalue weighted by Gasteiger charge is -2.12. The van der Waals surface area contributed by atoms with E-state index in [1.807, 2.05) is 13.8 Å². The molecule has 1 aromatic rings. The van der Waals surface area contributed by atoms with Crippen LogP contribution in [0.3, 0.4) is 0 Å². The highest BCUT2D eigenvalue weighted by molar-refractivity contribution is 6.30. The average Bonchev–Trinajstić information content (AvgIpc) is 2.13. The lowest BCUT2D eigenvalue weighted by molar-refractivity contribution is -0.177. The summed E-state index contributed by atoms with van der Waals surface area (Å²) >= 11 is 5.97. The van der Waals surface area contributed by atoms with E-state index in [-0.39, 0.29) is 23.5 Å². The molecule has 0 spiro atoms. The molecular formula is C11H14ClF3N2O. The molecule has 0 aliphatic carbocycles. The zero-order chi connectivity index (χ0) is 13.9. The van der Waals surface area contributed by atoms with Crippen molar-refractivity contribution in [1.29, 1.82) is 0 Å². The monoisotopic (exact) mass is 282 g/mol. The quantitative estimate of drug-likeness (QED) is 0.791. The molecule has 0 aliphatic rings. The van der Waals surface area contributed by atoms with Crippen molar-refractivity contribution < 1.29 is 17.9 Å². The minimum atomic E-state index is -4.35. The summed E-state index contributed by atoms with van der Waals surface area (Å²) in [6, 6.07) is 0. The summed E-state index contributed by atoms with van der Waals surface area (Å²) in [7, 11) is 0. The van der Waals surface area contributed by atoms with Gasteiger partial charge in [-0.1, -0.05) is 25.4 Å². The van der Waals surface area contributed by atoms with Gasteiger partial charge in [-0.25, -0.2) is 9.97 Å². The molecule has 0 aliphatic heterocycles. The van der Waals surface area contributed by atoms with Gasteiger partial charge in [-0.3, -0.25) is 0 Å². The second-order valence-corrected chi connectivity index (χ2v) is 4.55. The predicted molar refractivity (Wildman–Crippen MR) is 61.6 cm³/mol. The van der Waals surface area contributed by atoms with E-state index >= 15 is 0 Å². The minimum absolute atomic E-state index is 0.155. The van der Waals surface area contributed by atoms with Crippen molar-refractivity contribution in [3.05, 3.63) is 22.2 Å². The fourth-order valence-corrected chi connectivity index (χ4v) is 2.03. The normalized spacial score (nSPS) is 12.2. The fourth-order valence-electron chi connectivity index (χ4n) is 1.58. The molecule has 0 saturated carbocycles. The van der Waals surface area contributed by atoms with Crippen LogP contribution in [0.5, 0.6) is 0 Å². The molecule has 0 radical (unpaired) electrons. The number of hydrogen-bond donors (Lipinski definition) is 0. The summed E-state index contributed by atoms with van der Waals surface area (Å²) in [5.74, 6) is 0.314. The Hall–Kier alpha value is -0.880. The van der Waals surface area contributed by atoms with Gasteiger partial charge in [-0.15, -0.1) is 0 Å². The van der Waals surface area contributed by atoms with Crippen LogP contribution >= 0.6 is 11.6 Å². The summed E-state index contributed by atoms with van der Waals surface area (Å²) in [4.78, 5) is 8.02. The number of halogens is 4. The highest BCUT2D eigenvalue weighted by Gasteiger charge is 2.27. The zero-order valence-corrected chi connectivity index (χ0v) is 11.1. The summed E-state index contributed by atoms with van der Waals surface area (Å²) in [5, 5.41) is 0.267. The van der Waals surface area contributed by atoms with Gasteiger partial charge in [0, 0.05) is 11.3 Å². The van der Waals surface area contributed by atoms with Crippen LogP contribution in [-0.2, 0) is 11.3 Å². The third kappa shape index (κ3) is 4.42. The average molecular weight is 283 g/mol. The van der Waals surface area contributed by atoms with Crippen molar-refractivity contribution in [2.45, 2.75) is 39.5 Å². The SMILES string of the molecule is Cc1nc(COCC(F)(F)F)nc(Cl)c1C(C)C. The van der Waals surface area contributed by atoms with Crippen LogP contribution in [0.25, 0.3) is 0 Å². The van der Waals surface area contributed by atoms with Gasteiger partial charge in [0.25, 0.3) is 0 Å². The Morgan fingerprint density at radius 2 is 1.89 bits per heavy atom. The Morgan fingerprint density at radius 3 is 2.33 bits per heavy atom. The molecule has 102 valence electrons. The lowest BCUT2D eigenvalue weighted by Crippen LogP contribution is -2.17. The first-order valence-electron chi connectivity index (χ1n) is 5.38. The summed E-state index contributed by atoms with van der Waals surface area (Å²) < 4.78 is 40.2. The van der Waals surface area contributed by atoms with Crippen molar-refractivity contribution in [2.24, 2.45) is 0 Å². The second kappa shape index (κ2) is 5.84. The van der Waals surface area contributed by atoms with Crippen molar-refractivity contribution in [2.75, 3.05) is 6.61 Å². The maximum Gasteiger partial charge on any atom is 0.411 e. The molecule has 1 aromatic heterocycles. The molecule has 0 aromatic carbocycles. The maximum absolute atomic E-state index is 11.9. The van der Waals surface area contributed by atoms with Crippen LogP contribution in [0.4, 0.5) is 13.2 Å². The van der Waals surface area contributed by atoms with E-state index in [1.165, 1.54) is 0 Å². The summed E-state index contributed by atoms with van der Waals surface area (Å²) in [6.45, 7) is 4.00. The van der Waals surface area contributed by atoms with Crippen LogP contribution in [0.1, 0.15) is 36.8 Å². The second-order valence-electron chi connectivity index (χ2n) is 4.19. The Labute approximate surface area is 108 Å². The number of hydrogen-bond acceptors (Lipinski definition) is 3. The lowest BCUT2D eigenvalue weighted by atomic mass is 10.0. The van der Waals surface area contributed by atoms with E-state index in [4.69, 9.17) is 11.6 Å². The third-order valence-electron chi connectivity index (χ3n) is 2.21. The number of alkyl halides is 3. The van der Waals surface area contributed by atoms with Crippen molar-refractivity contribution >= 4 is 11.6 Å². The van der Waals surface area contributed by atoms with E-state index in [0.717, 1.165) is 5.56 Å². The Balaban J connectivity index is 2.75. The molecule has 7 heteroatoms. The molecule has 1 rings (SSSR count). The van der Waals surface area contributed by atoms with Crippen molar-refractivity contribution in [1.82, 2.24) is 9.97 Å². The number of nitrogens with zero attached hydrogens (tertiary/aromatic N) is 2. The van der Waals surface area contributed by atoms with Crippen molar-refractivity contribution in [3.63, 3.8) is 0 Å². The first kappa shape index (κ1) is 15.2. The molecule has 0 unspecified atom stereocenters. The summed E-state index contributed by atoms with van der Waals surface area (Å²) in [6.07, 6.45) is -4.35.